The smallest absolute Gasteiger partial charge is 0.0159 e. The van der Waals surface area contributed by atoms with Crippen molar-refractivity contribution in [3.05, 3.63) is 157 Å². The summed E-state index contributed by atoms with van der Waals surface area (Å²) in [6.07, 6.45) is 0. The van der Waals surface area contributed by atoms with Crippen molar-refractivity contribution >= 4 is 43.1 Å². The summed E-state index contributed by atoms with van der Waals surface area (Å²) in [6.45, 7) is 4.72. The minimum atomic E-state index is -0.0239. The molecule has 0 atom stereocenters. The van der Waals surface area contributed by atoms with Crippen molar-refractivity contribution in [2.45, 2.75) is 19.3 Å². The predicted octanol–water partition coefficient (Wildman–Crippen LogP) is 11.9. The molecule has 9 rings (SSSR count). The second kappa shape index (κ2) is 8.90. The van der Waals surface area contributed by atoms with Gasteiger partial charge in [0, 0.05) is 5.41 Å². The molecule has 8 aromatic carbocycles. The standard InChI is InChI=1S/C43H30/c1-43(2)40-14-8-7-12-35(40)36-22-21-32(26-41(36)43)38-25-33-20-17-28-16-19-31(30-18-15-27-9-3-4-10-29(27)23-30)24-39(28)42(33)37-13-6-5-11-34(37)38/h3-26H,1-2H3. The fourth-order valence-electron chi connectivity index (χ4n) is 7.59. The molecule has 0 heteroatoms. The van der Waals surface area contributed by atoms with Gasteiger partial charge in [-0.3, -0.25) is 0 Å². The second-order valence-corrected chi connectivity index (χ2v) is 12.6. The molecule has 1 aliphatic rings. The van der Waals surface area contributed by atoms with E-state index in [1.54, 1.807) is 0 Å². The molecule has 0 aliphatic heterocycles. The van der Waals surface area contributed by atoms with E-state index in [1.807, 2.05) is 0 Å². The fourth-order valence-corrected chi connectivity index (χ4v) is 7.59. The Labute approximate surface area is 251 Å². The lowest BCUT2D eigenvalue weighted by molar-refractivity contribution is 0.660. The van der Waals surface area contributed by atoms with E-state index in [1.165, 1.54) is 87.6 Å². The molecule has 0 fully saturated rings. The topological polar surface area (TPSA) is 0 Å². The zero-order valence-electron chi connectivity index (χ0n) is 24.4. The molecule has 0 unspecified atom stereocenters. The number of rotatable bonds is 2. The van der Waals surface area contributed by atoms with Gasteiger partial charge in [0.1, 0.15) is 0 Å². The van der Waals surface area contributed by atoms with Crippen LogP contribution in [0.25, 0.3) is 76.5 Å². The van der Waals surface area contributed by atoms with Gasteiger partial charge in [-0.1, -0.05) is 135 Å². The Kier molecular flexibility index (Phi) is 5.05. The molecule has 0 N–H and O–H groups in total. The average molecular weight is 547 g/mol. The highest BCUT2D eigenvalue weighted by Crippen LogP contribution is 2.50. The Morgan fingerprint density at radius 1 is 0.349 bits per heavy atom. The third kappa shape index (κ3) is 3.57. The van der Waals surface area contributed by atoms with E-state index in [9.17, 15) is 0 Å². The van der Waals surface area contributed by atoms with Crippen LogP contribution in [0.5, 0.6) is 0 Å². The van der Waals surface area contributed by atoms with Crippen molar-refractivity contribution in [2.24, 2.45) is 0 Å². The molecule has 0 aromatic heterocycles. The first-order chi connectivity index (χ1) is 21.1. The fraction of sp³-hybridized carbons (Fsp3) is 0.0698. The average Bonchev–Trinajstić information content (AvgIpc) is 3.29. The van der Waals surface area contributed by atoms with Crippen LogP contribution in [0.1, 0.15) is 25.0 Å². The third-order valence-electron chi connectivity index (χ3n) is 9.82. The first kappa shape index (κ1) is 24.4. The lowest BCUT2D eigenvalue weighted by atomic mass is 9.81. The van der Waals surface area contributed by atoms with Crippen LogP contribution in [0.15, 0.2) is 146 Å². The Balaban J connectivity index is 1.27. The largest absolute Gasteiger partial charge is 0.0619 e. The highest BCUT2D eigenvalue weighted by molar-refractivity contribution is 6.23. The van der Waals surface area contributed by atoms with Crippen molar-refractivity contribution in [1.29, 1.82) is 0 Å². The summed E-state index contributed by atoms with van der Waals surface area (Å²) in [7, 11) is 0. The molecule has 43 heavy (non-hydrogen) atoms. The summed E-state index contributed by atoms with van der Waals surface area (Å²) in [5.41, 5.74) is 10.6. The van der Waals surface area contributed by atoms with Crippen molar-refractivity contribution in [1.82, 2.24) is 0 Å². The van der Waals surface area contributed by atoms with E-state index in [0.717, 1.165) is 0 Å². The summed E-state index contributed by atoms with van der Waals surface area (Å²) in [6, 6.07) is 54.3. The van der Waals surface area contributed by atoms with Crippen LogP contribution in [-0.4, -0.2) is 0 Å². The van der Waals surface area contributed by atoms with E-state index in [-0.39, 0.29) is 5.41 Å². The number of fused-ring (bicyclic) bond motifs is 9. The van der Waals surface area contributed by atoms with Gasteiger partial charge in [-0.15, -0.1) is 0 Å². The highest BCUT2D eigenvalue weighted by Gasteiger charge is 2.35. The van der Waals surface area contributed by atoms with Crippen molar-refractivity contribution in [3.8, 4) is 33.4 Å². The summed E-state index contributed by atoms with van der Waals surface area (Å²) in [4.78, 5) is 0. The number of benzene rings is 8. The van der Waals surface area contributed by atoms with Crippen LogP contribution in [0.3, 0.4) is 0 Å². The number of hydrogen-bond donors (Lipinski definition) is 0. The van der Waals surface area contributed by atoms with Gasteiger partial charge in [-0.2, -0.15) is 0 Å². The summed E-state index contributed by atoms with van der Waals surface area (Å²) >= 11 is 0. The Morgan fingerprint density at radius 2 is 0.977 bits per heavy atom. The van der Waals surface area contributed by atoms with Gasteiger partial charge < -0.3 is 0 Å². The molecule has 0 bridgehead atoms. The molecule has 0 heterocycles. The van der Waals surface area contributed by atoms with E-state index in [0.29, 0.717) is 0 Å². The first-order valence-electron chi connectivity index (χ1n) is 15.2. The Morgan fingerprint density at radius 3 is 1.86 bits per heavy atom. The molecule has 8 aromatic rings. The van der Waals surface area contributed by atoms with Crippen LogP contribution in [0.4, 0.5) is 0 Å². The lowest BCUT2D eigenvalue weighted by Crippen LogP contribution is -2.14. The maximum atomic E-state index is 2.45. The van der Waals surface area contributed by atoms with E-state index >= 15 is 0 Å². The van der Waals surface area contributed by atoms with Gasteiger partial charge in [0.2, 0.25) is 0 Å². The van der Waals surface area contributed by atoms with Crippen LogP contribution in [-0.2, 0) is 5.41 Å². The monoisotopic (exact) mass is 546 g/mol. The zero-order chi connectivity index (χ0) is 28.7. The van der Waals surface area contributed by atoms with Gasteiger partial charge in [0.05, 0.1) is 0 Å². The van der Waals surface area contributed by atoms with Crippen LogP contribution >= 0.6 is 0 Å². The van der Waals surface area contributed by atoms with E-state index < -0.39 is 0 Å². The van der Waals surface area contributed by atoms with Crippen LogP contribution in [0.2, 0.25) is 0 Å². The minimum absolute atomic E-state index is 0.0239. The molecule has 0 amide bonds. The Bertz CT molecular complexity index is 2420. The van der Waals surface area contributed by atoms with Crippen molar-refractivity contribution in [3.63, 3.8) is 0 Å². The molecule has 0 saturated heterocycles. The number of hydrogen-bond acceptors (Lipinski definition) is 0. The van der Waals surface area contributed by atoms with Crippen molar-refractivity contribution < 1.29 is 0 Å². The first-order valence-corrected chi connectivity index (χ1v) is 15.2. The van der Waals surface area contributed by atoms with Crippen molar-refractivity contribution in [2.75, 3.05) is 0 Å². The van der Waals surface area contributed by atoms with Gasteiger partial charge in [0.15, 0.2) is 0 Å². The van der Waals surface area contributed by atoms with Gasteiger partial charge in [-0.05, 0) is 112 Å². The molecule has 0 saturated carbocycles. The minimum Gasteiger partial charge on any atom is -0.0619 e. The quantitative estimate of drug-likeness (QED) is 0.189. The highest BCUT2D eigenvalue weighted by atomic mass is 14.4. The molecular formula is C43H30. The third-order valence-corrected chi connectivity index (χ3v) is 9.82. The van der Waals surface area contributed by atoms with E-state index in [4.69, 9.17) is 0 Å². The molecule has 0 radical (unpaired) electrons. The van der Waals surface area contributed by atoms with E-state index in [2.05, 4.69) is 159 Å². The summed E-state index contributed by atoms with van der Waals surface area (Å²) in [5.74, 6) is 0. The molecule has 1 aliphatic carbocycles. The normalized spacial score (nSPS) is 13.5. The SMILES string of the molecule is CC1(C)c2ccccc2-c2ccc(-c3cc4ccc5ccc(-c6ccc7ccccc7c6)cc5c4c4ccccc34)cc21. The molecule has 0 nitrogen and oxygen atoms in total. The predicted molar refractivity (Wildman–Crippen MR) is 185 cm³/mol. The summed E-state index contributed by atoms with van der Waals surface area (Å²) in [5, 5.41) is 10.3. The van der Waals surface area contributed by atoms with Gasteiger partial charge in [0.25, 0.3) is 0 Å². The van der Waals surface area contributed by atoms with Crippen LogP contribution in [0, 0.1) is 0 Å². The zero-order valence-corrected chi connectivity index (χ0v) is 24.4. The molecular weight excluding hydrogens is 516 g/mol. The summed E-state index contributed by atoms with van der Waals surface area (Å²) < 4.78 is 0. The van der Waals surface area contributed by atoms with Gasteiger partial charge >= 0.3 is 0 Å². The van der Waals surface area contributed by atoms with Crippen LogP contribution < -0.4 is 0 Å². The molecule has 202 valence electrons. The molecule has 0 spiro atoms. The maximum Gasteiger partial charge on any atom is 0.0159 e. The van der Waals surface area contributed by atoms with Gasteiger partial charge in [-0.25, -0.2) is 0 Å². The Hall–Kier alpha value is -5.20. The second-order valence-electron chi connectivity index (χ2n) is 12.6. The maximum absolute atomic E-state index is 2.45. The lowest BCUT2D eigenvalue weighted by Gasteiger charge is -2.22.